The van der Waals surface area contributed by atoms with Crippen molar-refractivity contribution in [3.8, 4) is 5.75 Å². The molecule has 0 fully saturated rings. The molecule has 0 saturated heterocycles. The van der Waals surface area contributed by atoms with Gasteiger partial charge < -0.3 is 15.0 Å². The van der Waals surface area contributed by atoms with E-state index in [9.17, 15) is 4.79 Å². The van der Waals surface area contributed by atoms with Gasteiger partial charge in [0.05, 0.1) is 0 Å². The number of anilines is 1. The van der Waals surface area contributed by atoms with Crippen LogP contribution in [-0.2, 0) is 11.2 Å². The van der Waals surface area contributed by atoms with E-state index < -0.39 is 6.10 Å². The lowest BCUT2D eigenvalue weighted by Crippen LogP contribution is -2.38. The van der Waals surface area contributed by atoms with E-state index in [4.69, 9.17) is 4.74 Å². The van der Waals surface area contributed by atoms with Crippen LogP contribution in [0.1, 0.15) is 30.0 Å². The van der Waals surface area contributed by atoms with E-state index in [0.29, 0.717) is 6.54 Å². The number of fused-ring (bicyclic) bond motifs is 1. The minimum Gasteiger partial charge on any atom is -0.481 e. The lowest BCUT2D eigenvalue weighted by molar-refractivity contribution is -0.127. The zero-order valence-corrected chi connectivity index (χ0v) is 15.9. The third kappa shape index (κ3) is 4.18. The molecule has 0 bridgehead atoms. The minimum atomic E-state index is -0.497. The van der Waals surface area contributed by atoms with Crippen LogP contribution in [0.15, 0.2) is 42.5 Å². The lowest BCUT2D eigenvalue weighted by atomic mass is 10.1. The van der Waals surface area contributed by atoms with E-state index in [1.54, 1.807) is 6.92 Å². The summed E-state index contributed by atoms with van der Waals surface area (Å²) in [4.78, 5) is 14.7. The standard InChI is InChI=1S/C22H28N2O2/c1-16-8-6-11-21(17(16)2)26-18(3)22(25)23-13-7-14-24-15-12-19-9-4-5-10-20(19)24/h4-6,8-11,18H,7,12-15H2,1-3H3,(H,23,25)/t18-/m1/s1. The van der Waals surface area contributed by atoms with Gasteiger partial charge in [0.1, 0.15) is 5.75 Å². The van der Waals surface area contributed by atoms with Gasteiger partial charge in [0.15, 0.2) is 6.10 Å². The monoisotopic (exact) mass is 352 g/mol. The van der Waals surface area contributed by atoms with Gasteiger partial charge in [-0.15, -0.1) is 0 Å². The number of hydrogen-bond acceptors (Lipinski definition) is 3. The van der Waals surface area contributed by atoms with Gasteiger partial charge in [-0.2, -0.15) is 0 Å². The van der Waals surface area contributed by atoms with Gasteiger partial charge in [-0.3, -0.25) is 4.79 Å². The first-order chi connectivity index (χ1) is 12.6. The third-order valence-corrected chi connectivity index (χ3v) is 5.12. The van der Waals surface area contributed by atoms with Gasteiger partial charge in [0.2, 0.25) is 0 Å². The number of amides is 1. The summed E-state index contributed by atoms with van der Waals surface area (Å²) in [5.74, 6) is 0.717. The first kappa shape index (κ1) is 18.3. The zero-order valence-electron chi connectivity index (χ0n) is 15.9. The van der Waals surface area contributed by atoms with Crippen molar-refractivity contribution in [1.29, 1.82) is 0 Å². The number of aryl methyl sites for hydroxylation is 1. The van der Waals surface area contributed by atoms with Crippen molar-refractivity contribution in [2.24, 2.45) is 0 Å². The molecule has 0 spiro atoms. The Hall–Kier alpha value is -2.49. The molecule has 0 saturated carbocycles. The Morgan fingerprint density at radius 1 is 1.19 bits per heavy atom. The average molecular weight is 352 g/mol. The van der Waals surface area contributed by atoms with E-state index in [-0.39, 0.29) is 5.91 Å². The number of ether oxygens (including phenoxy) is 1. The Kier molecular flexibility index (Phi) is 5.82. The molecule has 1 N–H and O–H groups in total. The lowest BCUT2D eigenvalue weighted by Gasteiger charge is -2.20. The van der Waals surface area contributed by atoms with Crippen LogP contribution in [0.3, 0.4) is 0 Å². The third-order valence-electron chi connectivity index (χ3n) is 5.12. The van der Waals surface area contributed by atoms with Gasteiger partial charge in [-0.25, -0.2) is 0 Å². The fourth-order valence-electron chi connectivity index (χ4n) is 3.36. The summed E-state index contributed by atoms with van der Waals surface area (Å²) < 4.78 is 5.84. The number of carbonyl (C=O) groups is 1. The molecule has 1 atom stereocenters. The van der Waals surface area contributed by atoms with Gasteiger partial charge in [-0.1, -0.05) is 30.3 Å². The largest absolute Gasteiger partial charge is 0.481 e. The molecule has 0 aromatic heterocycles. The smallest absolute Gasteiger partial charge is 0.260 e. The summed E-state index contributed by atoms with van der Waals surface area (Å²) in [6.07, 6.45) is 1.54. The van der Waals surface area contributed by atoms with Crippen LogP contribution in [-0.4, -0.2) is 31.6 Å². The highest BCUT2D eigenvalue weighted by Gasteiger charge is 2.18. The first-order valence-electron chi connectivity index (χ1n) is 9.39. The molecule has 26 heavy (non-hydrogen) atoms. The van der Waals surface area contributed by atoms with Gasteiger partial charge in [0.25, 0.3) is 5.91 Å². The second-order valence-electron chi connectivity index (χ2n) is 6.97. The summed E-state index contributed by atoms with van der Waals surface area (Å²) in [6.45, 7) is 8.56. The Bertz CT molecular complexity index is 772. The van der Waals surface area contributed by atoms with E-state index in [0.717, 1.165) is 37.2 Å². The number of benzene rings is 2. The quantitative estimate of drug-likeness (QED) is 0.774. The maximum Gasteiger partial charge on any atom is 0.260 e. The van der Waals surface area contributed by atoms with Crippen LogP contribution < -0.4 is 15.0 Å². The van der Waals surface area contributed by atoms with Crippen molar-refractivity contribution in [3.63, 3.8) is 0 Å². The van der Waals surface area contributed by atoms with Crippen LogP contribution in [0.25, 0.3) is 0 Å². The molecule has 0 aliphatic carbocycles. The molecule has 2 aromatic rings. The number of para-hydroxylation sites is 1. The molecule has 2 aromatic carbocycles. The molecule has 1 amide bonds. The number of nitrogens with zero attached hydrogens (tertiary/aromatic N) is 1. The highest BCUT2D eigenvalue weighted by atomic mass is 16.5. The second-order valence-corrected chi connectivity index (χ2v) is 6.97. The Morgan fingerprint density at radius 3 is 2.85 bits per heavy atom. The normalized spacial score (nSPS) is 14.0. The molecular weight excluding hydrogens is 324 g/mol. The van der Waals surface area contributed by atoms with Crippen LogP contribution >= 0.6 is 0 Å². The Balaban J connectivity index is 1.42. The number of nitrogens with one attached hydrogen (secondary N) is 1. The maximum absolute atomic E-state index is 12.3. The van der Waals surface area contributed by atoms with Gasteiger partial charge >= 0.3 is 0 Å². The molecule has 3 rings (SSSR count). The maximum atomic E-state index is 12.3. The summed E-state index contributed by atoms with van der Waals surface area (Å²) in [6, 6.07) is 14.5. The highest BCUT2D eigenvalue weighted by molar-refractivity contribution is 5.80. The predicted molar refractivity (Wildman–Crippen MR) is 106 cm³/mol. The molecule has 4 nitrogen and oxygen atoms in total. The second kappa shape index (κ2) is 8.26. The number of carbonyl (C=O) groups excluding carboxylic acids is 1. The molecule has 1 aliphatic heterocycles. The summed E-state index contributed by atoms with van der Waals surface area (Å²) in [5.41, 5.74) is 5.01. The van der Waals surface area contributed by atoms with E-state index in [1.807, 2.05) is 32.0 Å². The predicted octanol–water partition coefficient (Wildman–Crippen LogP) is 3.64. The summed E-state index contributed by atoms with van der Waals surface area (Å²) in [5, 5.41) is 2.99. The SMILES string of the molecule is Cc1cccc(O[C@H](C)C(=O)NCCCN2CCc3ccccc32)c1C. The minimum absolute atomic E-state index is 0.0623. The average Bonchev–Trinajstić information content (AvgIpc) is 3.05. The van der Waals surface area contributed by atoms with Gasteiger partial charge in [-0.05, 0) is 62.4 Å². The van der Waals surface area contributed by atoms with Crippen molar-refractivity contribution in [3.05, 3.63) is 59.2 Å². The fraction of sp³-hybridized carbons (Fsp3) is 0.409. The molecule has 0 unspecified atom stereocenters. The van der Waals surface area contributed by atoms with Crippen molar-refractivity contribution in [2.75, 3.05) is 24.5 Å². The zero-order chi connectivity index (χ0) is 18.5. The summed E-state index contributed by atoms with van der Waals surface area (Å²) >= 11 is 0. The highest BCUT2D eigenvalue weighted by Crippen LogP contribution is 2.27. The van der Waals surface area contributed by atoms with E-state index in [2.05, 4.69) is 34.5 Å². The van der Waals surface area contributed by atoms with Crippen molar-refractivity contribution in [1.82, 2.24) is 5.32 Å². The number of rotatable bonds is 7. The van der Waals surface area contributed by atoms with Gasteiger partial charge in [0, 0.05) is 25.3 Å². The Morgan fingerprint density at radius 2 is 2.00 bits per heavy atom. The molecule has 138 valence electrons. The van der Waals surface area contributed by atoms with Crippen LogP contribution in [0.5, 0.6) is 5.75 Å². The Labute approximate surface area is 156 Å². The molecule has 1 heterocycles. The van der Waals surface area contributed by atoms with Crippen molar-refractivity contribution >= 4 is 11.6 Å². The van der Waals surface area contributed by atoms with Crippen LogP contribution in [0, 0.1) is 13.8 Å². The molecule has 1 aliphatic rings. The van der Waals surface area contributed by atoms with Crippen molar-refractivity contribution < 1.29 is 9.53 Å². The first-order valence-corrected chi connectivity index (χ1v) is 9.39. The van der Waals surface area contributed by atoms with Crippen LogP contribution in [0.2, 0.25) is 0 Å². The van der Waals surface area contributed by atoms with E-state index >= 15 is 0 Å². The fourth-order valence-corrected chi connectivity index (χ4v) is 3.36. The van der Waals surface area contributed by atoms with Crippen molar-refractivity contribution in [2.45, 2.75) is 39.7 Å². The topological polar surface area (TPSA) is 41.6 Å². The summed E-state index contributed by atoms with van der Waals surface area (Å²) in [7, 11) is 0. The van der Waals surface area contributed by atoms with E-state index in [1.165, 1.54) is 16.8 Å². The molecule has 0 radical (unpaired) electrons. The molecular formula is C22H28N2O2. The molecule has 4 heteroatoms. The number of hydrogen-bond donors (Lipinski definition) is 1. The van der Waals surface area contributed by atoms with Crippen LogP contribution in [0.4, 0.5) is 5.69 Å².